The lowest BCUT2D eigenvalue weighted by atomic mass is 9.55. The Morgan fingerprint density at radius 3 is 2.61 bits per heavy atom. The fraction of sp³-hybridized carbons (Fsp3) is 0.600. The van der Waals surface area contributed by atoms with E-state index in [4.69, 9.17) is 4.74 Å². The van der Waals surface area contributed by atoms with E-state index in [1.165, 1.54) is 0 Å². The Labute approximate surface area is 107 Å². The second-order valence-electron chi connectivity index (χ2n) is 6.42. The third-order valence-electron chi connectivity index (χ3n) is 4.78. The van der Waals surface area contributed by atoms with Gasteiger partial charge in [-0.25, -0.2) is 4.79 Å². The molecule has 0 aromatic heterocycles. The molecule has 1 unspecified atom stereocenters. The molecule has 0 spiro atoms. The van der Waals surface area contributed by atoms with Crippen molar-refractivity contribution in [2.75, 3.05) is 6.61 Å². The van der Waals surface area contributed by atoms with Gasteiger partial charge in [-0.3, -0.25) is 4.79 Å². The fourth-order valence-corrected chi connectivity index (χ4v) is 3.89. The average Bonchev–Trinajstić information content (AvgIpc) is 2.66. The molecular weight excluding hydrogens is 228 g/mol. The second kappa shape index (κ2) is 3.34. The van der Waals surface area contributed by atoms with Crippen molar-refractivity contribution in [3.63, 3.8) is 0 Å². The molecule has 0 radical (unpaired) electrons. The molecule has 96 valence electrons. The fourth-order valence-electron chi connectivity index (χ4n) is 3.89. The maximum atomic E-state index is 12.1. The molecule has 3 rings (SSSR count). The molecule has 1 atom stereocenters. The molecule has 18 heavy (non-hydrogen) atoms. The van der Waals surface area contributed by atoms with Gasteiger partial charge in [-0.2, -0.15) is 0 Å². The summed E-state index contributed by atoms with van der Waals surface area (Å²) >= 11 is 0. The van der Waals surface area contributed by atoms with Crippen LogP contribution in [0.2, 0.25) is 0 Å². The number of allylic oxidation sites excluding steroid dienone is 2. The van der Waals surface area contributed by atoms with E-state index < -0.39 is 0 Å². The number of carbonyl (C=O) groups excluding carboxylic acids is 2. The van der Waals surface area contributed by atoms with Gasteiger partial charge >= 0.3 is 5.97 Å². The van der Waals surface area contributed by atoms with Gasteiger partial charge in [-0.15, -0.1) is 0 Å². The summed E-state index contributed by atoms with van der Waals surface area (Å²) in [5.41, 5.74) is 2.04. The number of carbonyl (C=O) groups is 2. The lowest BCUT2D eigenvalue weighted by Crippen LogP contribution is -2.40. The van der Waals surface area contributed by atoms with Gasteiger partial charge in [0.1, 0.15) is 6.61 Å². The van der Waals surface area contributed by atoms with Crippen molar-refractivity contribution >= 4 is 11.8 Å². The summed E-state index contributed by atoms with van der Waals surface area (Å²) in [5, 5.41) is 0. The Hall–Kier alpha value is -1.38. The average molecular weight is 246 g/mol. The number of esters is 1. The summed E-state index contributed by atoms with van der Waals surface area (Å²) < 4.78 is 5.09. The van der Waals surface area contributed by atoms with Gasteiger partial charge in [0.25, 0.3) is 0 Å². The van der Waals surface area contributed by atoms with Crippen molar-refractivity contribution in [2.24, 2.45) is 10.8 Å². The van der Waals surface area contributed by atoms with Crippen LogP contribution < -0.4 is 0 Å². The maximum Gasteiger partial charge on any atom is 0.335 e. The lowest BCUT2D eigenvalue weighted by molar-refractivity contribution is -0.137. The number of ketones is 1. The Kier molecular flexibility index (Phi) is 2.17. The van der Waals surface area contributed by atoms with Gasteiger partial charge in [0.2, 0.25) is 0 Å². The van der Waals surface area contributed by atoms with Crippen LogP contribution in [0.1, 0.15) is 40.0 Å². The monoisotopic (exact) mass is 246 g/mol. The number of hydrogen-bond acceptors (Lipinski definition) is 3. The quantitative estimate of drug-likeness (QED) is 0.617. The summed E-state index contributed by atoms with van der Waals surface area (Å²) in [6, 6.07) is 0. The molecule has 1 heterocycles. The molecule has 0 saturated heterocycles. The molecule has 1 saturated carbocycles. The number of ether oxygens (including phenoxy) is 1. The van der Waals surface area contributed by atoms with E-state index in [-0.39, 0.29) is 29.2 Å². The highest BCUT2D eigenvalue weighted by atomic mass is 16.5. The minimum atomic E-state index is -0.293. The van der Waals surface area contributed by atoms with Gasteiger partial charge in [0.05, 0.1) is 5.57 Å². The highest BCUT2D eigenvalue weighted by Crippen LogP contribution is 2.57. The predicted octanol–water partition coefficient (Wildman–Crippen LogP) is 2.57. The topological polar surface area (TPSA) is 43.4 Å². The molecule has 2 aliphatic carbocycles. The summed E-state index contributed by atoms with van der Waals surface area (Å²) in [7, 11) is 0. The molecule has 1 aliphatic heterocycles. The smallest absolute Gasteiger partial charge is 0.335 e. The van der Waals surface area contributed by atoms with Crippen molar-refractivity contribution in [3.05, 3.63) is 22.8 Å². The molecule has 0 bridgehead atoms. The molecule has 0 N–H and O–H groups in total. The van der Waals surface area contributed by atoms with Gasteiger partial charge in [-0.1, -0.05) is 32.8 Å². The summed E-state index contributed by atoms with van der Waals surface area (Å²) in [4.78, 5) is 24.1. The first kappa shape index (κ1) is 11.7. The van der Waals surface area contributed by atoms with Crippen LogP contribution in [0.15, 0.2) is 22.8 Å². The van der Waals surface area contributed by atoms with Crippen LogP contribution in [0.5, 0.6) is 0 Å². The molecular formula is C15H18O3. The SMILES string of the molecule is CC1(C)CCCC2(C)C1=CC(=O)C1=C2C(=O)OC1. The van der Waals surface area contributed by atoms with E-state index in [1.54, 1.807) is 6.08 Å². The van der Waals surface area contributed by atoms with Crippen LogP contribution in [0.3, 0.4) is 0 Å². The van der Waals surface area contributed by atoms with Crippen LogP contribution in [-0.2, 0) is 14.3 Å². The van der Waals surface area contributed by atoms with Crippen molar-refractivity contribution in [2.45, 2.75) is 40.0 Å². The van der Waals surface area contributed by atoms with E-state index in [1.807, 2.05) is 0 Å². The first-order chi connectivity index (χ1) is 8.36. The van der Waals surface area contributed by atoms with Crippen molar-refractivity contribution in [1.82, 2.24) is 0 Å². The third-order valence-corrected chi connectivity index (χ3v) is 4.78. The first-order valence-corrected chi connectivity index (χ1v) is 6.54. The largest absolute Gasteiger partial charge is 0.457 e. The minimum Gasteiger partial charge on any atom is -0.457 e. The normalized spacial score (nSPS) is 33.8. The zero-order valence-electron chi connectivity index (χ0n) is 11.1. The molecule has 0 amide bonds. The molecule has 0 aromatic rings. The molecule has 1 fully saturated rings. The second-order valence-corrected chi connectivity index (χ2v) is 6.42. The van der Waals surface area contributed by atoms with E-state index >= 15 is 0 Å². The van der Waals surface area contributed by atoms with Crippen molar-refractivity contribution in [3.8, 4) is 0 Å². The van der Waals surface area contributed by atoms with Crippen molar-refractivity contribution < 1.29 is 14.3 Å². The van der Waals surface area contributed by atoms with Gasteiger partial charge in [0, 0.05) is 11.0 Å². The molecule has 0 aromatic carbocycles. The number of rotatable bonds is 0. The number of fused-ring (bicyclic) bond motifs is 2. The Bertz CT molecular complexity index is 522. The van der Waals surface area contributed by atoms with Crippen LogP contribution in [0, 0.1) is 10.8 Å². The van der Waals surface area contributed by atoms with Crippen LogP contribution in [0.25, 0.3) is 0 Å². The molecule has 3 heteroatoms. The first-order valence-electron chi connectivity index (χ1n) is 6.54. The van der Waals surface area contributed by atoms with Crippen LogP contribution in [0.4, 0.5) is 0 Å². The number of hydrogen-bond donors (Lipinski definition) is 0. The van der Waals surface area contributed by atoms with E-state index in [0.717, 1.165) is 24.8 Å². The Morgan fingerprint density at radius 2 is 1.89 bits per heavy atom. The standard InChI is InChI=1S/C15H18O3/c1-14(2)5-4-6-15(3)11(14)7-10(16)9-8-18-13(17)12(9)15/h7H,4-6,8H2,1-3H3. The summed E-state index contributed by atoms with van der Waals surface area (Å²) in [6.07, 6.45) is 4.85. The molecule has 3 nitrogen and oxygen atoms in total. The summed E-state index contributed by atoms with van der Waals surface area (Å²) in [6.45, 7) is 6.58. The minimum absolute atomic E-state index is 0.00986. The van der Waals surface area contributed by atoms with E-state index in [9.17, 15) is 9.59 Å². The van der Waals surface area contributed by atoms with Crippen molar-refractivity contribution in [1.29, 1.82) is 0 Å². The van der Waals surface area contributed by atoms with Crippen LogP contribution in [-0.4, -0.2) is 18.4 Å². The van der Waals surface area contributed by atoms with Crippen LogP contribution >= 0.6 is 0 Å². The highest BCUT2D eigenvalue weighted by molar-refractivity contribution is 6.14. The zero-order chi connectivity index (χ0) is 13.1. The Balaban J connectivity index is 2.20. The maximum absolute atomic E-state index is 12.1. The Morgan fingerprint density at radius 1 is 1.17 bits per heavy atom. The predicted molar refractivity (Wildman–Crippen MR) is 66.8 cm³/mol. The zero-order valence-corrected chi connectivity index (χ0v) is 11.1. The lowest BCUT2D eigenvalue weighted by Gasteiger charge is -2.47. The van der Waals surface area contributed by atoms with E-state index in [0.29, 0.717) is 11.1 Å². The third kappa shape index (κ3) is 1.30. The molecule has 3 aliphatic rings. The number of cyclic esters (lactones) is 1. The van der Waals surface area contributed by atoms with Gasteiger partial charge in [0.15, 0.2) is 5.78 Å². The van der Waals surface area contributed by atoms with Gasteiger partial charge in [-0.05, 0) is 24.3 Å². The van der Waals surface area contributed by atoms with E-state index in [2.05, 4.69) is 20.8 Å². The van der Waals surface area contributed by atoms with Gasteiger partial charge < -0.3 is 4.74 Å². The summed E-state index contributed by atoms with van der Waals surface area (Å²) in [5.74, 6) is -0.317. The highest BCUT2D eigenvalue weighted by Gasteiger charge is 2.52.